The van der Waals surface area contributed by atoms with E-state index >= 15 is 0 Å². The molecule has 0 saturated heterocycles. The molecule has 2 aromatic heterocycles. The molecule has 0 atom stereocenters. The van der Waals surface area contributed by atoms with Crippen molar-refractivity contribution in [2.45, 2.75) is 16.5 Å². The van der Waals surface area contributed by atoms with Crippen molar-refractivity contribution in [3.05, 3.63) is 77.5 Å². The minimum Gasteiger partial charge on any atom is -0.478 e. The van der Waals surface area contributed by atoms with Gasteiger partial charge < -0.3 is 15.5 Å². The van der Waals surface area contributed by atoms with Gasteiger partial charge in [-0.15, -0.1) is 0 Å². The van der Waals surface area contributed by atoms with E-state index in [-0.39, 0.29) is 20.6 Å². The first-order valence-corrected chi connectivity index (χ1v) is 10.9. The van der Waals surface area contributed by atoms with Crippen LogP contribution in [0, 0.1) is 5.82 Å². The van der Waals surface area contributed by atoms with E-state index in [9.17, 15) is 22.4 Å². The Kier molecular flexibility index (Phi) is 8.79. The van der Waals surface area contributed by atoms with Gasteiger partial charge in [-0.05, 0) is 31.3 Å². The van der Waals surface area contributed by atoms with Crippen molar-refractivity contribution in [3.8, 4) is 5.69 Å². The van der Waals surface area contributed by atoms with Crippen LogP contribution in [0.25, 0.3) is 5.69 Å². The molecule has 0 saturated carbocycles. The molecule has 10 nitrogen and oxygen atoms in total. The molecule has 1 aromatic carbocycles. The number of benzene rings is 1. The highest BCUT2D eigenvalue weighted by Gasteiger charge is 2.26. The van der Waals surface area contributed by atoms with Crippen LogP contribution in [-0.2, 0) is 26.0 Å². The Hall–Kier alpha value is -3.61. The van der Waals surface area contributed by atoms with Gasteiger partial charge in [0.2, 0.25) is 9.84 Å². The molecule has 0 radical (unpaired) electrons. The fourth-order valence-electron chi connectivity index (χ4n) is 2.46. The van der Waals surface area contributed by atoms with Gasteiger partial charge in [0.15, 0.2) is 5.03 Å². The number of aromatic nitrogens is 3. The van der Waals surface area contributed by atoms with Crippen LogP contribution in [0.5, 0.6) is 0 Å². The summed E-state index contributed by atoms with van der Waals surface area (Å²) in [5, 5.41) is 22.9. The predicted molar refractivity (Wildman–Crippen MR) is 115 cm³/mol. The van der Waals surface area contributed by atoms with Crippen molar-refractivity contribution in [2.75, 3.05) is 7.05 Å². The summed E-state index contributed by atoms with van der Waals surface area (Å²) in [6.07, 6.45) is 3.84. The van der Waals surface area contributed by atoms with Crippen LogP contribution in [0.3, 0.4) is 0 Å². The number of hydrogen-bond donors (Lipinski definition) is 3. The molecule has 0 aliphatic rings. The molecule has 13 heteroatoms. The number of aliphatic carboxylic acids is 2. The van der Waals surface area contributed by atoms with Gasteiger partial charge in [-0.1, -0.05) is 11.6 Å². The number of carboxylic acid groups (broad SMARTS) is 2. The number of hydrogen-bond acceptors (Lipinski definition) is 7. The summed E-state index contributed by atoms with van der Waals surface area (Å²) >= 11 is 6.13. The normalized spacial score (nSPS) is 11.1. The Morgan fingerprint density at radius 1 is 1.18 bits per heavy atom. The van der Waals surface area contributed by atoms with Crippen molar-refractivity contribution in [1.82, 2.24) is 20.1 Å². The molecular formula is C20H18ClFN4O6S. The average Bonchev–Trinajstić information content (AvgIpc) is 3.20. The van der Waals surface area contributed by atoms with Crippen molar-refractivity contribution in [2.24, 2.45) is 0 Å². The molecule has 0 aliphatic heterocycles. The highest BCUT2D eigenvalue weighted by atomic mass is 35.5. The Bertz CT molecular complexity index is 1260. The van der Waals surface area contributed by atoms with E-state index in [1.165, 1.54) is 42.7 Å². The van der Waals surface area contributed by atoms with E-state index < -0.39 is 27.6 Å². The molecule has 0 spiro atoms. The third kappa shape index (κ3) is 6.94. The molecule has 33 heavy (non-hydrogen) atoms. The summed E-state index contributed by atoms with van der Waals surface area (Å²) < 4.78 is 40.8. The molecule has 3 rings (SSSR count). The first-order valence-electron chi connectivity index (χ1n) is 9.04. The lowest BCUT2D eigenvalue weighted by atomic mass is 10.3. The van der Waals surface area contributed by atoms with Gasteiger partial charge in [0.05, 0.1) is 21.3 Å². The quantitative estimate of drug-likeness (QED) is 0.418. The van der Waals surface area contributed by atoms with Crippen LogP contribution in [-0.4, -0.2) is 52.4 Å². The summed E-state index contributed by atoms with van der Waals surface area (Å²) in [5.41, 5.74) is 0.622. The minimum atomic E-state index is -3.92. The Morgan fingerprint density at radius 2 is 1.85 bits per heavy atom. The summed E-state index contributed by atoms with van der Waals surface area (Å²) in [4.78, 5) is 23.0. The third-order valence-corrected chi connectivity index (χ3v) is 5.83. The molecule has 0 aliphatic carbocycles. The van der Waals surface area contributed by atoms with Crippen LogP contribution >= 0.6 is 11.6 Å². The molecule has 174 valence electrons. The van der Waals surface area contributed by atoms with Crippen LogP contribution in [0.2, 0.25) is 5.02 Å². The van der Waals surface area contributed by atoms with E-state index in [0.717, 1.165) is 10.7 Å². The van der Waals surface area contributed by atoms with Crippen LogP contribution in [0.4, 0.5) is 4.39 Å². The van der Waals surface area contributed by atoms with Crippen LogP contribution in [0.1, 0.15) is 5.69 Å². The summed E-state index contributed by atoms with van der Waals surface area (Å²) in [7, 11) is -2.20. The second-order valence-corrected chi connectivity index (χ2v) is 8.52. The maximum Gasteiger partial charge on any atom is 0.328 e. The number of rotatable bonds is 7. The number of carbonyl (C=O) groups is 2. The van der Waals surface area contributed by atoms with E-state index in [2.05, 4.69) is 15.4 Å². The predicted octanol–water partition coefficient (Wildman–Crippen LogP) is 2.32. The van der Waals surface area contributed by atoms with Gasteiger partial charge in [-0.3, -0.25) is 4.98 Å². The second-order valence-electron chi connectivity index (χ2n) is 6.21. The lowest BCUT2D eigenvalue weighted by Crippen LogP contribution is -2.11. The first-order chi connectivity index (χ1) is 15.6. The summed E-state index contributed by atoms with van der Waals surface area (Å²) in [6, 6.07) is 8.08. The molecular weight excluding hydrogens is 479 g/mol. The van der Waals surface area contributed by atoms with Gasteiger partial charge in [0, 0.05) is 43.2 Å². The Morgan fingerprint density at radius 3 is 2.39 bits per heavy atom. The van der Waals surface area contributed by atoms with E-state index in [4.69, 9.17) is 21.8 Å². The standard InChI is InChI=1S/C16H14ClFN4O2S.C4H4O4/c1-19-9-12-8-16(25(23,24)13-3-2-6-20-10-13)22(21-12)15-7-11(18)4-5-14(15)17;5-3(6)1-2-4(7)8/h2-8,10,19H,9H2,1H3;1-2H,(H,5,6)(H,7,8). The topological polar surface area (TPSA) is 151 Å². The van der Waals surface area contributed by atoms with Crippen molar-refractivity contribution < 1.29 is 32.6 Å². The number of carboxylic acids is 2. The zero-order chi connectivity index (χ0) is 24.6. The average molecular weight is 497 g/mol. The molecule has 0 fully saturated rings. The molecule has 3 N–H and O–H groups in total. The van der Waals surface area contributed by atoms with Gasteiger partial charge in [0.25, 0.3) is 0 Å². The first kappa shape index (κ1) is 25.6. The fraction of sp³-hybridized carbons (Fsp3) is 0.100. The largest absolute Gasteiger partial charge is 0.478 e. The van der Waals surface area contributed by atoms with Crippen LogP contribution in [0.15, 0.2) is 70.9 Å². The number of nitrogens with one attached hydrogen (secondary N) is 1. The second kappa shape index (κ2) is 11.3. The highest BCUT2D eigenvalue weighted by Crippen LogP contribution is 2.28. The van der Waals surface area contributed by atoms with Gasteiger partial charge >= 0.3 is 11.9 Å². The number of sulfone groups is 1. The maximum absolute atomic E-state index is 13.7. The van der Waals surface area contributed by atoms with E-state index in [0.29, 0.717) is 24.4 Å². The summed E-state index contributed by atoms with van der Waals surface area (Å²) in [6.45, 7) is 0.343. The number of pyridine rings is 1. The van der Waals surface area contributed by atoms with E-state index in [1.807, 2.05) is 0 Å². The fourth-order valence-corrected chi connectivity index (χ4v) is 4.01. The zero-order valence-electron chi connectivity index (χ0n) is 17.0. The minimum absolute atomic E-state index is 0.0136. The van der Waals surface area contributed by atoms with Gasteiger partial charge in [-0.25, -0.2) is 27.1 Å². The monoisotopic (exact) mass is 496 g/mol. The molecule has 3 aromatic rings. The van der Waals surface area contributed by atoms with Crippen molar-refractivity contribution >= 4 is 33.4 Å². The summed E-state index contributed by atoms with van der Waals surface area (Å²) in [5.74, 6) is -3.06. The number of nitrogens with zero attached hydrogens (tertiary/aromatic N) is 3. The molecule has 0 unspecified atom stereocenters. The van der Waals surface area contributed by atoms with Gasteiger partial charge in [-0.2, -0.15) is 5.10 Å². The van der Waals surface area contributed by atoms with Gasteiger partial charge in [0.1, 0.15) is 5.82 Å². The zero-order valence-corrected chi connectivity index (χ0v) is 18.6. The van der Waals surface area contributed by atoms with Crippen molar-refractivity contribution in [3.63, 3.8) is 0 Å². The SMILES string of the molecule is CNCc1cc(S(=O)(=O)c2cccnc2)n(-c2cc(F)ccc2Cl)n1.O=C(O)C=CC(=O)O. The van der Waals surface area contributed by atoms with Crippen molar-refractivity contribution in [1.29, 1.82) is 0 Å². The molecule has 0 amide bonds. The lowest BCUT2D eigenvalue weighted by Gasteiger charge is -2.10. The van der Waals surface area contributed by atoms with Crippen LogP contribution < -0.4 is 5.32 Å². The maximum atomic E-state index is 13.7. The Labute approximate surface area is 192 Å². The third-order valence-electron chi connectivity index (χ3n) is 3.81. The molecule has 2 heterocycles. The molecule has 0 bridgehead atoms. The Balaban J connectivity index is 0.000000414. The number of halogens is 2. The highest BCUT2D eigenvalue weighted by molar-refractivity contribution is 7.91. The smallest absolute Gasteiger partial charge is 0.328 e. The van der Waals surface area contributed by atoms with E-state index in [1.54, 1.807) is 7.05 Å². The lowest BCUT2D eigenvalue weighted by molar-refractivity contribution is -0.134.